The molecule has 0 aromatic heterocycles. The third kappa shape index (κ3) is 9.48. The van der Waals surface area contributed by atoms with Gasteiger partial charge in [0.05, 0.1) is 20.3 Å². The Morgan fingerprint density at radius 1 is 0.643 bits per heavy atom. The van der Waals surface area contributed by atoms with Gasteiger partial charge in [-0.1, -0.05) is 133 Å². The molecule has 1 atom stereocenters. The van der Waals surface area contributed by atoms with Gasteiger partial charge in [-0.2, -0.15) is 0 Å². The summed E-state index contributed by atoms with van der Waals surface area (Å²) in [7, 11) is 1.74. The van der Waals surface area contributed by atoms with E-state index in [1.165, 1.54) is 49.9 Å². The number of benzene rings is 7. The zero-order chi connectivity index (χ0) is 48.9. The zero-order valence-corrected chi connectivity index (χ0v) is 42.5. The molecule has 9 rings (SSSR count). The summed E-state index contributed by atoms with van der Waals surface area (Å²) in [6.07, 6.45) is 13.8. The van der Waals surface area contributed by atoms with Crippen LogP contribution in [0.4, 0.5) is 0 Å². The predicted octanol–water partition coefficient (Wildman–Crippen LogP) is 17.3. The fourth-order valence-corrected chi connectivity index (χ4v) is 10.9. The van der Waals surface area contributed by atoms with E-state index >= 15 is 0 Å². The highest BCUT2D eigenvalue weighted by Crippen LogP contribution is 2.61. The number of ether oxygens (including phenoxy) is 5. The van der Waals surface area contributed by atoms with Crippen molar-refractivity contribution in [2.24, 2.45) is 0 Å². The average molecular weight is 931 g/mol. The van der Waals surface area contributed by atoms with Crippen molar-refractivity contribution in [3.05, 3.63) is 197 Å². The molecule has 70 heavy (non-hydrogen) atoms. The summed E-state index contributed by atoms with van der Waals surface area (Å²) in [5.74, 6) is 5.10. The molecule has 7 aromatic rings. The first-order valence-electron chi connectivity index (χ1n) is 25.7. The number of methoxy groups -OCH3 is 1. The van der Waals surface area contributed by atoms with Gasteiger partial charge in [0, 0.05) is 21.9 Å². The molecule has 0 bridgehead atoms. The molecule has 0 saturated carbocycles. The van der Waals surface area contributed by atoms with Crippen LogP contribution in [0.3, 0.4) is 0 Å². The summed E-state index contributed by atoms with van der Waals surface area (Å²) in [6.45, 7) is 19.4. The first-order valence-corrected chi connectivity index (χ1v) is 25.7. The van der Waals surface area contributed by atoms with Gasteiger partial charge in [-0.15, -0.1) is 0 Å². The first kappa shape index (κ1) is 48.3. The zero-order valence-electron chi connectivity index (χ0n) is 42.5. The minimum absolute atomic E-state index is 0.0975. The number of fused-ring (bicyclic) bond motifs is 8. The highest BCUT2D eigenvalue weighted by Gasteiger charge is 2.47. The Kier molecular flexibility index (Phi) is 14.3. The third-order valence-corrected chi connectivity index (χ3v) is 15.1. The van der Waals surface area contributed by atoms with Crippen molar-refractivity contribution in [1.82, 2.24) is 0 Å². The lowest BCUT2D eigenvalue weighted by atomic mass is 9.69. The average Bonchev–Trinajstić information content (AvgIpc) is 3.66. The monoisotopic (exact) mass is 931 g/mol. The molecule has 0 N–H and O–H groups in total. The van der Waals surface area contributed by atoms with E-state index in [9.17, 15) is 0 Å². The fourth-order valence-electron chi connectivity index (χ4n) is 10.9. The van der Waals surface area contributed by atoms with Crippen molar-refractivity contribution >= 4 is 16.8 Å². The third-order valence-electron chi connectivity index (χ3n) is 15.1. The van der Waals surface area contributed by atoms with Crippen LogP contribution in [-0.4, -0.2) is 20.3 Å². The summed E-state index contributed by atoms with van der Waals surface area (Å²) in [4.78, 5) is 0. The smallest absolute Gasteiger partial charge is 0.173 e. The lowest BCUT2D eigenvalue weighted by molar-refractivity contribution is 0.159. The van der Waals surface area contributed by atoms with Gasteiger partial charge in [-0.3, -0.25) is 0 Å². The number of unbranched alkanes of at least 4 members (excludes halogenated alkanes) is 2. The summed E-state index contributed by atoms with van der Waals surface area (Å²) in [5.41, 5.74) is 11.7. The normalized spacial score (nSPS) is 15.4. The second-order valence-corrected chi connectivity index (χ2v) is 20.1. The van der Waals surface area contributed by atoms with E-state index in [1.807, 2.05) is 36.4 Å². The minimum Gasteiger partial charge on any atom is -0.497 e. The van der Waals surface area contributed by atoms with Crippen LogP contribution < -0.4 is 23.7 Å². The lowest BCUT2D eigenvalue weighted by Crippen LogP contribution is -2.35. The van der Waals surface area contributed by atoms with Gasteiger partial charge in [0.1, 0.15) is 34.5 Å². The minimum atomic E-state index is -0.840. The first-order chi connectivity index (χ1) is 34.0. The van der Waals surface area contributed by atoms with Crippen LogP contribution in [0.5, 0.6) is 34.5 Å². The highest BCUT2D eigenvalue weighted by atomic mass is 16.5. The van der Waals surface area contributed by atoms with Crippen molar-refractivity contribution in [2.75, 3.05) is 20.3 Å². The fraction of sp³-hybridized carbons (Fsp3) is 0.323. The van der Waals surface area contributed by atoms with E-state index in [0.717, 1.165) is 109 Å². The van der Waals surface area contributed by atoms with Crippen LogP contribution in [0.2, 0.25) is 0 Å². The van der Waals surface area contributed by atoms with Crippen molar-refractivity contribution in [1.29, 1.82) is 0 Å². The molecule has 0 amide bonds. The maximum absolute atomic E-state index is 7.47. The van der Waals surface area contributed by atoms with E-state index in [4.69, 9.17) is 23.7 Å². The van der Waals surface area contributed by atoms with Crippen molar-refractivity contribution in [3.63, 3.8) is 0 Å². The maximum Gasteiger partial charge on any atom is 0.173 e. The molecule has 0 fully saturated rings. The molecule has 1 aliphatic carbocycles. The van der Waals surface area contributed by atoms with Crippen molar-refractivity contribution in [3.8, 4) is 45.6 Å². The van der Waals surface area contributed by atoms with E-state index in [2.05, 4.69) is 163 Å². The van der Waals surface area contributed by atoms with Gasteiger partial charge in [0.25, 0.3) is 0 Å². The number of hydrogen-bond donors (Lipinski definition) is 0. The van der Waals surface area contributed by atoms with Crippen LogP contribution in [-0.2, 0) is 22.9 Å². The molecular formula is C65H70O5. The second kappa shape index (κ2) is 20.7. The highest BCUT2D eigenvalue weighted by molar-refractivity contribution is 6.09. The molecule has 2 aliphatic rings. The summed E-state index contributed by atoms with van der Waals surface area (Å²) < 4.78 is 31.5. The second-order valence-electron chi connectivity index (χ2n) is 20.1. The van der Waals surface area contributed by atoms with E-state index in [0.29, 0.717) is 13.2 Å². The molecule has 1 aliphatic heterocycles. The van der Waals surface area contributed by atoms with Gasteiger partial charge in [-0.05, 0) is 180 Å². The van der Waals surface area contributed by atoms with Crippen LogP contribution in [0.15, 0.2) is 158 Å². The molecule has 0 spiro atoms. The van der Waals surface area contributed by atoms with E-state index in [1.54, 1.807) is 7.11 Å². The molecule has 5 nitrogen and oxygen atoms in total. The van der Waals surface area contributed by atoms with Gasteiger partial charge in [-0.25, -0.2) is 0 Å². The summed E-state index contributed by atoms with van der Waals surface area (Å²) in [6, 6.07) is 49.2. The molecule has 0 radical (unpaired) electrons. The molecule has 1 unspecified atom stereocenters. The topological polar surface area (TPSA) is 46.2 Å². The molecule has 0 saturated heterocycles. The molecule has 5 heteroatoms. The largest absolute Gasteiger partial charge is 0.497 e. The number of hydrogen-bond acceptors (Lipinski definition) is 5. The lowest BCUT2D eigenvalue weighted by Gasteiger charge is -2.40. The number of rotatable bonds is 21. The maximum atomic E-state index is 7.47. The quantitative estimate of drug-likeness (QED) is 0.0531. The van der Waals surface area contributed by atoms with E-state index < -0.39 is 5.60 Å². The van der Waals surface area contributed by atoms with Crippen LogP contribution in [0, 0.1) is 0 Å². The Balaban J connectivity index is 0.804. The Hall–Kier alpha value is -6.72. The van der Waals surface area contributed by atoms with Gasteiger partial charge < -0.3 is 23.7 Å². The van der Waals surface area contributed by atoms with Crippen LogP contribution in [0.25, 0.3) is 28.0 Å². The summed E-state index contributed by atoms with van der Waals surface area (Å²) in [5, 5.41) is 2.27. The van der Waals surface area contributed by atoms with Crippen LogP contribution >= 0.6 is 0 Å². The van der Waals surface area contributed by atoms with Gasteiger partial charge in [0.15, 0.2) is 5.60 Å². The Labute approximate surface area is 417 Å². The van der Waals surface area contributed by atoms with Crippen molar-refractivity contribution in [2.45, 2.75) is 116 Å². The van der Waals surface area contributed by atoms with Gasteiger partial charge >= 0.3 is 0 Å². The predicted molar refractivity (Wildman–Crippen MR) is 289 cm³/mol. The SMILES string of the molecule is C=C(C)C1(c2ccc(Cc3ccc(OCCCCCOc4ccc(Oc5ccc(C(C)(C)CC)cc5)cc4)cc3)cc2)C=Cc2c3c(c4ccc(OC)cc4c2O1)-c1ccccc1C3(CCC)CCC. The molecule has 360 valence electrons. The van der Waals surface area contributed by atoms with Crippen LogP contribution in [0.1, 0.15) is 132 Å². The summed E-state index contributed by atoms with van der Waals surface area (Å²) >= 11 is 0. The molecular weight excluding hydrogens is 861 g/mol. The standard InChI is InChI=1S/C65H70O5/c1-9-38-64(39-10-2)59-18-14-13-17-56(59)60-55-36-35-54(66-8)44-58(55)62-57(61(60)64)37-40-65(70-62,45(4)5)49-23-19-46(20-24-49)43-47-21-27-50(28-22-47)67-41-15-12-16-42-68-51-31-33-53(34-32-51)69-52-29-25-48(26-30-52)63(6,7)11-3/h13-14,17-37,40,44H,4,9-12,15-16,38-39,41-43H2,1-3,5-8H3. The van der Waals surface area contributed by atoms with E-state index in [-0.39, 0.29) is 10.8 Å². The van der Waals surface area contributed by atoms with Gasteiger partial charge in [0.2, 0.25) is 0 Å². The molecule has 1 heterocycles. The Bertz CT molecular complexity index is 2950. The Morgan fingerprint density at radius 2 is 1.21 bits per heavy atom. The van der Waals surface area contributed by atoms with Crippen molar-refractivity contribution < 1.29 is 23.7 Å². The molecule has 7 aromatic carbocycles. The Morgan fingerprint density at radius 3 is 1.81 bits per heavy atom.